The maximum absolute atomic E-state index is 12.2. The number of aliphatic carboxylic acids is 1. The largest absolute Gasteiger partial charge is 0.480 e. The third kappa shape index (κ3) is 2.86. The van der Waals surface area contributed by atoms with E-state index in [1.807, 2.05) is 11.8 Å². The molecule has 1 saturated heterocycles. The highest BCUT2D eigenvalue weighted by Gasteiger charge is 2.38. The first-order chi connectivity index (χ1) is 7.78. The molecule has 17 heavy (non-hydrogen) atoms. The standard InChI is InChI=1S/C11H20N2O3S/c1-11(2,9(14)15)13(4)10(16)12(3)8-5-6-17-7-8/h8H,5-7H2,1-4H3,(H,14,15). The lowest BCUT2D eigenvalue weighted by Gasteiger charge is -2.36. The van der Waals surface area contributed by atoms with Gasteiger partial charge in [0.25, 0.3) is 0 Å². The van der Waals surface area contributed by atoms with Crippen LogP contribution in [0.3, 0.4) is 0 Å². The van der Waals surface area contributed by atoms with Gasteiger partial charge in [0.2, 0.25) is 0 Å². The Morgan fingerprint density at radius 3 is 2.35 bits per heavy atom. The van der Waals surface area contributed by atoms with Crippen molar-refractivity contribution in [1.29, 1.82) is 0 Å². The van der Waals surface area contributed by atoms with Crippen molar-refractivity contribution < 1.29 is 14.7 Å². The Morgan fingerprint density at radius 1 is 1.35 bits per heavy atom. The van der Waals surface area contributed by atoms with Gasteiger partial charge in [0.15, 0.2) is 0 Å². The fourth-order valence-electron chi connectivity index (χ4n) is 1.60. The summed E-state index contributed by atoms with van der Waals surface area (Å²) in [4.78, 5) is 26.2. The molecule has 0 aromatic rings. The minimum absolute atomic E-state index is 0.222. The number of hydrogen-bond acceptors (Lipinski definition) is 3. The van der Waals surface area contributed by atoms with E-state index in [4.69, 9.17) is 5.11 Å². The molecule has 1 unspecified atom stereocenters. The minimum Gasteiger partial charge on any atom is -0.480 e. The number of hydrogen-bond donors (Lipinski definition) is 1. The molecule has 2 amide bonds. The molecule has 1 N–H and O–H groups in total. The molecule has 98 valence electrons. The van der Waals surface area contributed by atoms with E-state index in [1.165, 1.54) is 25.8 Å². The van der Waals surface area contributed by atoms with Crippen LogP contribution in [-0.4, -0.2) is 64.1 Å². The van der Waals surface area contributed by atoms with E-state index in [0.29, 0.717) is 0 Å². The molecule has 6 heteroatoms. The van der Waals surface area contributed by atoms with Crippen molar-refractivity contribution in [3.05, 3.63) is 0 Å². The van der Waals surface area contributed by atoms with Gasteiger partial charge in [-0.2, -0.15) is 11.8 Å². The van der Waals surface area contributed by atoms with E-state index < -0.39 is 11.5 Å². The molecule has 0 saturated carbocycles. The summed E-state index contributed by atoms with van der Waals surface area (Å²) in [5.74, 6) is 1.00. The van der Waals surface area contributed by atoms with E-state index in [-0.39, 0.29) is 12.1 Å². The predicted molar refractivity (Wildman–Crippen MR) is 68.4 cm³/mol. The zero-order valence-corrected chi connectivity index (χ0v) is 11.6. The summed E-state index contributed by atoms with van der Waals surface area (Å²) >= 11 is 1.82. The Morgan fingerprint density at radius 2 is 1.94 bits per heavy atom. The molecule has 1 fully saturated rings. The molecule has 5 nitrogen and oxygen atoms in total. The summed E-state index contributed by atoms with van der Waals surface area (Å²) in [5.41, 5.74) is -1.18. The van der Waals surface area contributed by atoms with Crippen molar-refractivity contribution in [1.82, 2.24) is 9.80 Å². The van der Waals surface area contributed by atoms with Gasteiger partial charge in [-0.25, -0.2) is 9.59 Å². The number of nitrogens with zero attached hydrogens (tertiary/aromatic N) is 2. The van der Waals surface area contributed by atoms with Crippen LogP contribution in [0.2, 0.25) is 0 Å². The molecule has 0 aliphatic carbocycles. The Bertz CT molecular complexity index is 314. The number of rotatable bonds is 3. The van der Waals surface area contributed by atoms with Gasteiger partial charge in [-0.05, 0) is 26.0 Å². The highest BCUT2D eigenvalue weighted by molar-refractivity contribution is 7.99. The highest BCUT2D eigenvalue weighted by atomic mass is 32.2. The second-order valence-electron chi connectivity index (χ2n) is 4.83. The van der Waals surface area contributed by atoms with Gasteiger partial charge in [-0.1, -0.05) is 0 Å². The van der Waals surface area contributed by atoms with E-state index in [0.717, 1.165) is 17.9 Å². The molecule has 1 atom stereocenters. The second kappa shape index (κ2) is 5.16. The fraction of sp³-hybridized carbons (Fsp3) is 0.818. The second-order valence-corrected chi connectivity index (χ2v) is 5.98. The third-order valence-electron chi connectivity index (χ3n) is 3.40. The first-order valence-electron chi connectivity index (χ1n) is 5.60. The van der Waals surface area contributed by atoms with Gasteiger partial charge < -0.3 is 14.9 Å². The summed E-state index contributed by atoms with van der Waals surface area (Å²) in [6.07, 6.45) is 0.980. The molecule has 0 aromatic carbocycles. The van der Waals surface area contributed by atoms with Crippen LogP contribution in [-0.2, 0) is 4.79 Å². The van der Waals surface area contributed by atoms with Crippen LogP contribution in [0.25, 0.3) is 0 Å². The van der Waals surface area contributed by atoms with Gasteiger partial charge in [-0.3, -0.25) is 0 Å². The van der Waals surface area contributed by atoms with Crippen molar-refractivity contribution in [2.75, 3.05) is 25.6 Å². The smallest absolute Gasteiger partial charge is 0.329 e. The lowest BCUT2D eigenvalue weighted by atomic mass is 10.0. The van der Waals surface area contributed by atoms with Crippen molar-refractivity contribution in [2.45, 2.75) is 31.8 Å². The summed E-state index contributed by atoms with van der Waals surface area (Å²) in [5, 5.41) is 9.09. The van der Waals surface area contributed by atoms with E-state index >= 15 is 0 Å². The average molecular weight is 260 g/mol. The number of carbonyl (C=O) groups excluding carboxylic acids is 1. The van der Waals surface area contributed by atoms with Crippen LogP contribution in [0.1, 0.15) is 20.3 Å². The van der Waals surface area contributed by atoms with Crippen LogP contribution in [0.15, 0.2) is 0 Å². The number of carboxylic acids is 1. The Kier molecular flexibility index (Phi) is 4.30. The molecule has 1 aliphatic rings. The quantitative estimate of drug-likeness (QED) is 0.832. The van der Waals surface area contributed by atoms with Crippen LogP contribution >= 0.6 is 11.8 Å². The summed E-state index contributed by atoms with van der Waals surface area (Å²) in [6.45, 7) is 3.06. The SMILES string of the molecule is CN(C(=O)N(C)C(C)(C)C(=O)O)C1CCSC1. The molecular formula is C11H20N2O3S. The number of amides is 2. The Labute approximate surface area is 106 Å². The molecule has 0 radical (unpaired) electrons. The first-order valence-corrected chi connectivity index (χ1v) is 6.75. The topological polar surface area (TPSA) is 60.9 Å². The predicted octanol–water partition coefficient (Wildman–Crippen LogP) is 1.34. The summed E-state index contributed by atoms with van der Waals surface area (Å²) in [6, 6.07) is -0.00977. The summed E-state index contributed by atoms with van der Waals surface area (Å²) < 4.78 is 0. The summed E-state index contributed by atoms with van der Waals surface area (Å²) in [7, 11) is 3.28. The van der Waals surface area contributed by atoms with Gasteiger partial charge in [0, 0.05) is 25.9 Å². The van der Waals surface area contributed by atoms with Crippen molar-refractivity contribution in [3.8, 4) is 0 Å². The van der Waals surface area contributed by atoms with Gasteiger partial charge in [0.05, 0.1) is 0 Å². The van der Waals surface area contributed by atoms with Gasteiger partial charge >= 0.3 is 12.0 Å². The fourth-order valence-corrected chi connectivity index (χ4v) is 2.87. The zero-order chi connectivity index (χ0) is 13.2. The number of carboxylic acid groups (broad SMARTS) is 1. The average Bonchev–Trinajstić information content (AvgIpc) is 2.79. The van der Waals surface area contributed by atoms with Crippen molar-refractivity contribution in [2.24, 2.45) is 0 Å². The van der Waals surface area contributed by atoms with Crippen LogP contribution < -0.4 is 0 Å². The van der Waals surface area contributed by atoms with E-state index in [9.17, 15) is 9.59 Å². The molecular weight excluding hydrogens is 240 g/mol. The molecule has 1 heterocycles. The lowest BCUT2D eigenvalue weighted by Crippen LogP contribution is -2.56. The molecule has 0 spiro atoms. The van der Waals surface area contributed by atoms with Crippen molar-refractivity contribution >= 4 is 23.8 Å². The third-order valence-corrected chi connectivity index (χ3v) is 4.55. The van der Waals surface area contributed by atoms with Gasteiger partial charge in [0.1, 0.15) is 5.54 Å². The van der Waals surface area contributed by atoms with Crippen LogP contribution in [0, 0.1) is 0 Å². The van der Waals surface area contributed by atoms with E-state index in [2.05, 4.69) is 0 Å². The Hall–Kier alpha value is -0.910. The molecule has 1 aliphatic heterocycles. The maximum Gasteiger partial charge on any atom is 0.329 e. The molecule has 1 rings (SSSR count). The van der Waals surface area contributed by atoms with Crippen LogP contribution in [0.4, 0.5) is 4.79 Å². The Balaban J connectivity index is 2.71. The van der Waals surface area contributed by atoms with Gasteiger partial charge in [-0.15, -0.1) is 0 Å². The zero-order valence-electron chi connectivity index (χ0n) is 10.8. The molecule has 0 aromatic heterocycles. The highest BCUT2D eigenvalue weighted by Crippen LogP contribution is 2.23. The number of likely N-dealkylation sites (N-methyl/N-ethyl adjacent to an activating group) is 1. The first kappa shape index (κ1) is 14.2. The normalized spacial score (nSPS) is 20.1. The lowest BCUT2D eigenvalue weighted by molar-refractivity contribution is -0.147. The van der Waals surface area contributed by atoms with Crippen LogP contribution in [0.5, 0.6) is 0 Å². The number of thioether (sulfide) groups is 1. The van der Waals surface area contributed by atoms with E-state index in [1.54, 1.807) is 11.9 Å². The maximum atomic E-state index is 12.2. The number of carbonyl (C=O) groups is 2. The molecule has 0 bridgehead atoms. The minimum atomic E-state index is -1.18. The monoisotopic (exact) mass is 260 g/mol. The number of urea groups is 1. The van der Waals surface area contributed by atoms with Crippen molar-refractivity contribution in [3.63, 3.8) is 0 Å².